The Morgan fingerprint density at radius 3 is 2.50 bits per heavy atom. The predicted molar refractivity (Wildman–Crippen MR) is 87.6 cm³/mol. The van der Waals surface area contributed by atoms with Crippen molar-refractivity contribution >= 4 is 12.1 Å². The number of ether oxygens (including phenoxy) is 1. The molecule has 4 N–H and O–H groups in total. The minimum absolute atomic E-state index is 0.0116. The zero-order chi connectivity index (χ0) is 18.3. The number of aliphatic hydroxyl groups is 2. The fourth-order valence-corrected chi connectivity index (χ4v) is 2.02. The monoisotopic (exact) mass is 339 g/mol. The van der Waals surface area contributed by atoms with Gasteiger partial charge in [0, 0.05) is 13.0 Å². The number of carbonyl (C=O) groups is 2. The van der Waals surface area contributed by atoms with Crippen LogP contribution in [-0.2, 0) is 16.0 Å². The van der Waals surface area contributed by atoms with Gasteiger partial charge < -0.3 is 25.4 Å². The van der Waals surface area contributed by atoms with E-state index in [1.807, 2.05) is 0 Å². The third-order valence-electron chi connectivity index (χ3n) is 3.14. The van der Waals surface area contributed by atoms with Gasteiger partial charge >= 0.3 is 12.1 Å². The van der Waals surface area contributed by atoms with Crippen LogP contribution in [0.4, 0.5) is 4.79 Å². The molecule has 0 saturated carbocycles. The van der Waals surface area contributed by atoms with Crippen molar-refractivity contribution in [2.45, 2.75) is 51.4 Å². The van der Waals surface area contributed by atoms with Crippen molar-refractivity contribution in [3.63, 3.8) is 0 Å². The van der Waals surface area contributed by atoms with E-state index in [0.29, 0.717) is 12.0 Å². The number of aryl methyl sites for hydroxylation is 1. The number of amides is 1. The normalized spacial score (nSPS) is 13.9. The second-order valence-electron chi connectivity index (χ2n) is 6.53. The highest BCUT2D eigenvalue weighted by Gasteiger charge is 2.21. The molecule has 1 amide bonds. The number of aliphatic hydroxyl groups excluding tert-OH is 2. The van der Waals surface area contributed by atoms with Crippen LogP contribution in [0.25, 0.3) is 0 Å². The Bertz CT molecular complexity index is 566. The largest absolute Gasteiger partial charge is 0.481 e. The topological polar surface area (TPSA) is 116 Å². The lowest BCUT2D eigenvalue weighted by Gasteiger charge is -2.22. The highest BCUT2D eigenvalue weighted by Crippen LogP contribution is 2.19. The first-order valence-electron chi connectivity index (χ1n) is 7.72. The summed E-state index contributed by atoms with van der Waals surface area (Å²) in [6.45, 7) is 5.00. The van der Waals surface area contributed by atoms with E-state index < -0.39 is 29.9 Å². The van der Waals surface area contributed by atoms with Crippen LogP contribution in [0.3, 0.4) is 0 Å². The van der Waals surface area contributed by atoms with Crippen molar-refractivity contribution in [1.82, 2.24) is 5.32 Å². The Labute approximate surface area is 141 Å². The number of benzene rings is 1. The summed E-state index contributed by atoms with van der Waals surface area (Å²) in [5.41, 5.74) is 0.559. The second-order valence-corrected chi connectivity index (χ2v) is 6.53. The molecule has 0 bridgehead atoms. The first-order valence-corrected chi connectivity index (χ1v) is 7.72. The van der Waals surface area contributed by atoms with Gasteiger partial charge in [0.05, 0.1) is 0 Å². The van der Waals surface area contributed by atoms with Gasteiger partial charge in [0.15, 0.2) is 0 Å². The van der Waals surface area contributed by atoms with Crippen LogP contribution in [0.2, 0.25) is 0 Å². The summed E-state index contributed by atoms with van der Waals surface area (Å²) in [4.78, 5) is 22.1. The summed E-state index contributed by atoms with van der Waals surface area (Å²) < 4.78 is 5.05. The van der Waals surface area contributed by atoms with Gasteiger partial charge in [-0.05, 0) is 38.3 Å². The van der Waals surface area contributed by atoms with Gasteiger partial charge in [-0.25, -0.2) is 4.79 Å². The Morgan fingerprint density at radius 2 is 1.92 bits per heavy atom. The molecule has 0 fully saturated rings. The standard InChI is InChI=1S/C17H25NO6/c1-17(2,3)24-16(23)18-10-13(19)15(22)12-6-4-5-11(9-12)7-8-14(20)21/h4-6,9,13,15,19,22H,7-8,10H2,1-3H3,(H,18,23)(H,20,21). The van der Waals surface area contributed by atoms with Gasteiger partial charge in [-0.15, -0.1) is 0 Å². The van der Waals surface area contributed by atoms with Crippen LogP contribution in [0.1, 0.15) is 44.4 Å². The third-order valence-corrected chi connectivity index (χ3v) is 3.14. The second kappa shape index (κ2) is 8.65. The number of hydrogen-bond donors (Lipinski definition) is 4. The molecule has 24 heavy (non-hydrogen) atoms. The molecule has 1 rings (SSSR count). The zero-order valence-corrected chi connectivity index (χ0v) is 14.2. The van der Waals surface area contributed by atoms with Crippen molar-refractivity contribution in [3.8, 4) is 0 Å². The lowest BCUT2D eigenvalue weighted by molar-refractivity contribution is -0.136. The smallest absolute Gasteiger partial charge is 0.407 e. The first-order chi connectivity index (χ1) is 11.1. The Balaban J connectivity index is 2.59. The maximum absolute atomic E-state index is 11.5. The van der Waals surface area contributed by atoms with Crippen LogP contribution in [-0.4, -0.2) is 45.6 Å². The average molecular weight is 339 g/mol. The van der Waals surface area contributed by atoms with Crippen LogP contribution in [0, 0.1) is 0 Å². The highest BCUT2D eigenvalue weighted by molar-refractivity contribution is 5.67. The Morgan fingerprint density at radius 1 is 1.25 bits per heavy atom. The van der Waals surface area contributed by atoms with E-state index in [-0.39, 0.29) is 13.0 Å². The van der Waals surface area contributed by atoms with Crippen molar-refractivity contribution in [3.05, 3.63) is 35.4 Å². The quantitative estimate of drug-likeness (QED) is 0.600. The fraction of sp³-hybridized carbons (Fsp3) is 0.529. The van der Waals surface area contributed by atoms with E-state index in [4.69, 9.17) is 9.84 Å². The van der Waals surface area contributed by atoms with E-state index in [2.05, 4.69) is 5.32 Å². The molecule has 0 aliphatic heterocycles. The van der Waals surface area contributed by atoms with Crippen LogP contribution >= 0.6 is 0 Å². The number of alkyl carbamates (subject to hydrolysis) is 1. The molecule has 7 nitrogen and oxygen atoms in total. The van der Waals surface area contributed by atoms with Crippen LogP contribution in [0.5, 0.6) is 0 Å². The van der Waals surface area contributed by atoms with Crippen molar-refractivity contribution in [2.75, 3.05) is 6.54 Å². The van der Waals surface area contributed by atoms with Gasteiger partial charge in [0.25, 0.3) is 0 Å². The van der Waals surface area contributed by atoms with Crippen molar-refractivity contribution in [1.29, 1.82) is 0 Å². The Hall–Kier alpha value is -2.12. The average Bonchev–Trinajstić information content (AvgIpc) is 2.48. The molecule has 7 heteroatoms. The molecule has 0 aromatic heterocycles. The van der Waals surface area contributed by atoms with E-state index >= 15 is 0 Å². The minimum Gasteiger partial charge on any atom is -0.481 e. The van der Waals surface area contributed by atoms with E-state index in [0.717, 1.165) is 5.56 Å². The third kappa shape index (κ3) is 7.43. The van der Waals surface area contributed by atoms with Crippen LogP contribution in [0.15, 0.2) is 24.3 Å². The summed E-state index contributed by atoms with van der Waals surface area (Å²) in [5.74, 6) is -0.900. The van der Waals surface area contributed by atoms with Gasteiger partial charge in [-0.1, -0.05) is 24.3 Å². The number of carbonyl (C=O) groups excluding carboxylic acids is 1. The lowest BCUT2D eigenvalue weighted by atomic mass is 10.00. The molecular weight excluding hydrogens is 314 g/mol. The summed E-state index contributed by atoms with van der Waals surface area (Å²) in [6.07, 6.45) is -2.77. The molecule has 2 atom stereocenters. The molecule has 1 aromatic rings. The molecule has 1 aromatic carbocycles. The number of carboxylic acid groups (broad SMARTS) is 1. The highest BCUT2D eigenvalue weighted by atomic mass is 16.6. The van der Waals surface area contributed by atoms with Gasteiger partial charge in [0.2, 0.25) is 0 Å². The summed E-state index contributed by atoms with van der Waals surface area (Å²) in [7, 11) is 0. The molecule has 0 saturated heterocycles. The molecule has 0 heterocycles. The molecule has 0 radical (unpaired) electrons. The van der Waals surface area contributed by atoms with Gasteiger partial charge in [-0.3, -0.25) is 4.79 Å². The summed E-state index contributed by atoms with van der Waals surface area (Å²) in [5, 5.41) is 31.3. The molecule has 134 valence electrons. The number of hydrogen-bond acceptors (Lipinski definition) is 5. The maximum atomic E-state index is 11.5. The van der Waals surface area contributed by atoms with E-state index in [9.17, 15) is 19.8 Å². The zero-order valence-electron chi connectivity index (χ0n) is 14.2. The van der Waals surface area contributed by atoms with E-state index in [1.54, 1.807) is 45.0 Å². The van der Waals surface area contributed by atoms with Crippen LogP contribution < -0.4 is 5.32 Å². The maximum Gasteiger partial charge on any atom is 0.407 e. The molecule has 0 aliphatic carbocycles. The van der Waals surface area contributed by atoms with Crippen molar-refractivity contribution in [2.24, 2.45) is 0 Å². The number of rotatable bonds is 7. The predicted octanol–water partition coefficient (Wildman–Crippen LogP) is 1.62. The minimum atomic E-state index is -1.22. The summed E-state index contributed by atoms with van der Waals surface area (Å²) >= 11 is 0. The molecule has 0 spiro atoms. The summed E-state index contributed by atoms with van der Waals surface area (Å²) in [6, 6.07) is 6.71. The van der Waals surface area contributed by atoms with Crippen molar-refractivity contribution < 1.29 is 29.6 Å². The van der Waals surface area contributed by atoms with Gasteiger partial charge in [0.1, 0.15) is 17.8 Å². The lowest BCUT2D eigenvalue weighted by Crippen LogP contribution is -2.38. The number of nitrogens with one attached hydrogen (secondary N) is 1. The fourth-order valence-electron chi connectivity index (χ4n) is 2.02. The molecular formula is C17H25NO6. The Kier molecular flexibility index (Phi) is 7.18. The van der Waals surface area contributed by atoms with Gasteiger partial charge in [-0.2, -0.15) is 0 Å². The molecule has 2 unspecified atom stereocenters. The molecule has 0 aliphatic rings. The SMILES string of the molecule is CC(C)(C)OC(=O)NCC(O)C(O)c1cccc(CCC(=O)O)c1. The number of carboxylic acids is 1. The number of aliphatic carboxylic acids is 1. The van der Waals surface area contributed by atoms with E-state index in [1.165, 1.54) is 0 Å². The first kappa shape index (κ1) is 19.9.